The van der Waals surface area contributed by atoms with Gasteiger partial charge in [0.15, 0.2) is 0 Å². The number of ether oxygens (including phenoxy) is 2. The molecule has 3 aliphatic rings. The lowest BCUT2D eigenvalue weighted by molar-refractivity contribution is -0.139. The van der Waals surface area contributed by atoms with Crippen molar-refractivity contribution in [2.24, 2.45) is 17.6 Å². The molecule has 62 heavy (non-hydrogen) atoms. The number of methoxy groups -OCH3 is 1. The van der Waals surface area contributed by atoms with Crippen LogP contribution < -0.4 is 21.1 Å². The topological polar surface area (TPSA) is 155 Å². The van der Waals surface area contributed by atoms with Crippen molar-refractivity contribution in [2.45, 2.75) is 97.0 Å². The van der Waals surface area contributed by atoms with E-state index in [1.54, 1.807) is 20.2 Å². The van der Waals surface area contributed by atoms with Gasteiger partial charge in [-0.05, 0) is 90.9 Å². The molecule has 1 aromatic heterocycles. The number of nitrogens with two attached hydrogens (primary N) is 1. The molecule has 12 heteroatoms. The van der Waals surface area contributed by atoms with Crippen molar-refractivity contribution in [2.75, 3.05) is 20.3 Å². The summed E-state index contributed by atoms with van der Waals surface area (Å²) in [5.74, 6) is 1.29. The van der Waals surface area contributed by atoms with E-state index in [9.17, 15) is 14.4 Å². The van der Waals surface area contributed by atoms with Crippen molar-refractivity contribution in [1.82, 2.24) is 30.4 Å². The van der Waals surface area contributed by atoms with Crippen molar-refractivity contribution >= 4 is 45.2 Å². The van der Waals surface area contributed by atoms with Crippen molar-refractivity contribution in [3.8, 4) is 16.9 Å². The van der Waals surface area contributed by atoms with Crippen molar-refractivity contribution in [3.05, 3.63) is 114 Å². The number of fused-ring (bicyclic) bond motifs is 6. The molecule has 8 rings (SSSR count). The molecule has 4 heterocycles. The molecule has 0 bridgehead atoms. The van der Waals surface area contributed by atoms with E-state index < -0.39 is 6.04 Å². The fourth-order valence-electron chi connectivity index (χ4n) is 9.56. The Labute approximate surface area is 363 Å². The van der Waals surface area contributed by atoms with Gasteiger partial charge in [0.1, 0.15) is 24.2 Å². The minimum absolute atomic E-state index is 0.0131. The molecule has 2 fully saturated rings. The van der Waals surface area contributed by atoms with E-state index in [0.717, 1.165) is 80.5 Å². The minimum Gasteiger partial charge on any atom is -0.488 e. The zero-order chi connectivity index (χ0) is 43.8. The molecule has 0 unspecified atom stereocenters. The first-order valence-corrected chi connectivity index (χ1v) is 22.0. The number of benzene rings is 4. The second-order valence-electron chi connectivity index (χ2n) is 17.6. The molecule has 2 saturated heterocycles. The van der Waals surface area contributed by atoms with Gasteiger partial charge in [0.05, 0.1) is 41.3 Å². The molecule has 0 radical (unpaired) electrons. The van der Waals surface area contributed by atoms with Crippen LogP contribution in [0.3, 0.4) is 0 Å². The van der Waals surface area contributed by atoms with Crippen molar-refractivity contribution < 1.29 is 23.9 Å². The van der Waals surface area contributed by atoms with E-state index in [4.69, 9.17) is 20.2 Å². The van der Waals surface area contributed by atoms with Gasteiger partial charge < -0.3 is 40.6 Å². The van der Waals surface area contributed by atoms with Crippen LogP contribution in [0.15, 0.2) is 91.3 Å². The average Bonchev–Trinajstić information content (AvgIpc) is 4.02. The summed E-state index contributed by atoms with van der Waals surface area (Å²) >= 11 is 0. The second kappa shape index (κ2) is 17.7. The van der Waals surface area contributed by atoms with Crippen LogP contribution in [0.4, 0.5) is 0 Å². The van der Waals surface area contributed by atoms with Gasteiger partial charge in [-0.2, -0.15) is 0 Å². The van der Waals surface area contributed by atoms with Crippen LogP contribution in [-0.2, 0) is 25.7 Å². The summed E-state index contributed by atoms with van der Waals surface area (Å²) in [5, 5.41) is 8.24. The summed E-state index contributed by atoms with van der Waals surface area (Å²) in [7, 11) is 1.71. The first-order chi connectivity index (χ1) is 29.9. The smallest absolute Gasteiger partial charge is 0.246 e. The van der Waals surface area contributed by atoms with Crippen LogP contribution in [0, 0.1) is 11.8 Å². The van der Waals surface area contributed by atoms with E-state index in [-0.39, 0.29) is 53.6 Å². The highest BCUT2D eigenvalue weighted by Gasteiger charge is 2.41. The number of rotatable bonds is 13. The Hall–Kier alpha value is -6.14. The second-order valence-corrected chi connectivity index (χ2v) is 17.6. The number of likely N-dealkylation sites (tertiary alicyclic amines) is 2. The molecular weight excluding hydrogens is 779 g/mol. The molecular formula is C50H59N7O5. The maximum absolute atomic E-state index is 14.0. The van der Waals surface area contributed by atoms with Crippen LogP contribution in [0.2, 0.25) is 0 Å². The fraction of sp³-hybridized carbons (Fsp3) is 0.400. The highest BCUT2D eigenvalue weighted by atomic mass is 16.5. The van der Waals surface area contributed by atoms with E-state index in [1.807, 2.05) is 73.9 Å². The number of carbonyl (C=O) groups is 3. The molecule has 3 amide bonds. The number of aromatic amines is 1. The van der Waals surface area contributed by atoms with Crippen LogP contribution in [-0.4, -0.2) is 75.9 Å². The number of aromatic nitrogens is 2. The van der Waals surface area contributed by atoms with E-state index in [0.29, 0.717) is 37.6 Å². The molecule has 0 saturated carbocycles. The van der Waals surface area contributed by atoms with Gasteiger partial charge in [0.25, 0.3) is 0 Å². The standard InChI is InChI=1S/C50H59N7O5/c1-8-45(58)54-46(28(2)3)50(60)57-29(4)14-19-42(57)31(6)52-24-40(51)35-15-17-37-36(21-35)27-62-44-23-38-34(22-39(37)44)16-18-41-47(38)55-48(53-41)43-20-32(26-61-7)25-56(43)49(59)30(5)33-12-10-9-11-13-33/h9-13,15-18,21-24,28-30,32,42-43,46,52H,6,8,14,19-20,25-27,51H2,1-5,7H3,(H,53,55)(H,54,58)/b40-24-/t29-,30+,32-,42-,43-,46-/m0/s1. The Morgan fingerprint density at radius 3 is 2.56 bits per heavy atom. The van der Waals surface area contributed by atoms with Gasteiger partial charge in [-0.25, -0.2) is 4.98 Å². The molecule has 4 aromatic carbocycles. The fourth-order valence-corrected chi connectivity index (χ4v) is 9.56. The number of hydrogen-bond donors (Lipinski definition) is 4. The van der Waals surface area contributed by atoms with Crippen LogP contribution >= 0.6 is 0 Å². The molecule has 3 aliphatic heterocycles. The maximum atomic E-state index is 14.0. The number of amides is 3. The molecule has 12 nitrogen and oxygen atoms in total. The highest BCUT2D eigenvalue weighted by molar-refractivity contribution is 6.07. The summed E-state index contributed by atoms with van der Waals surface area (Å²) in [6.45, 7) is 15.6. The lowest BCUT2D eigenvalue weighted by atomic mass is 9.92. The molecule has 5 N–H and O–H groups in total. The molecule has 324 valence electrons. The number of carbonyl (C=O) groups excluding carboxylic acids is 3. The Morgan fingerprint density at radius 1 is 1.03 bits per heavy atom. The van der Waals surface area contributed by atoms with Gasteiger partial charge in [-0.1, -0.05) is 75.9 Å². The third-order valence-corrected chi connectivity index (χ3v) is 13.1. The Morgan fingerprint density at radius 2 is 1.82 bits per heavy atom. The quantitative estimate of drug-likeness (QED) is 0.0934. The average molecular weight is 838 g/mol. The largest absolute Gasteiger partial charge is 0.488 e. The number of nitrogens with one attached hydrogen (secondary N) is 3. The highest BCUT2D eigenvalue weighted by Crippen LogP contribution is 2.43. The molecule has 0 aliphatic carbocycles. The van der Waals surface area contributed by atoms with E-state index in [1.165, 1.54) is 0 Å². The Balaban J connectivity index is 1.01. The normalized spacial score (nSPS) is 20.8. The molecule has 0 spiro atoms. The minimum atomic E-state index is -0.602. The SMILES string of the molecule is C=C(N/C=C(\N)c1ccc2c(c1)COc1cc3c(ccc4[nH]c([C@@H]5C[C@H](COC)CN5C(=O)[C@H](C)c5ccccc5)nc43)cc1-2)[C@@H]1CC[C@H](C)N1C(=O)[C@@H](NC(=O)CC)C(C)C. The summed E-state index contributed by atoms with van der Waals surface area (Å²) < 4.78 is 12.0. The summed E-state index contributed by atoms with van der Waals surface area (Å²) in [6.07, 6.45) is 4.43. The van der Waals surface area contributed by atoms with Gasteiger partial charge >= 0.3 is 0 Å². The summed E-state index contributed by atoms with van der Waals surface area (Å²) in [5.41, 5.74) is 14.5. The number of H-pyrrole nitrogens is 1. The van der Waals surface area contributed by atoms with Crippen LogP contribution in [0.5, 0.6) is 5.75 Å². The monoisotopic (exact) mass is 837 g/mol. The number of nitrogens with zero attached hydrogens (tertiary/aromatic N) is 3. The lowest BCUT2D eigenvalue weighted by Gasteiger charge is -2.34. The van der Waals surface area contributed by atoms with E-state index >= 15 is 0 Å². The Bertz CT molecular complexity index is 2550. The third kappa shape index (κ3) is 8.15. The Kier molecular flexibility index (Phi) is 12.1. The predicted octanol–water partition coefficient (Wildman–Crippen LogP) is 7.91. The maximum Gasteiger partial charge on any atom is 0.246 e. The lowest BCUT2D eigenvalue weighted by Crippen LogP contribution is -2.54. The van der Waals surface area contributed by atoms with Crippen molar-refractivity contribution in [1.29, 1.82) is 0 Å². The molecule has 6 atom stereocenters. The predicted molar refractivity (Wildman–Crippen MR) is 243 cm³/mol. The van der Waals surface area contributed by atoms with Crippen LogP contribution in [0.1, 0.15) is 94.8 Å². The summed E-state index contributed by atoms with van der Waals surface area (Å²) in [4.78, 5) is 52.7. The van der Waals surface area contributed by atoms with Gasteiger partial charge in [0, 0.05) is 54.9 Å². The van der Waals surface area contributed by atoms with Gasteiger partial charge in [0.2, 0.25) is 17.7 Å². The number of hydrogen-bond acceptors (Lipinski definition) is 8. The zero-order valence-corrected chi connectivity index (χ0v) is 36.7. The van der Waals surface area contributed by atoms with Crippen molar-refractivity contribution in [3.63, 3.8) is 0 Å². The zero-order valence-electron chi connectivity index (χ0n) is 36.7. The molecule has 5 aromatic rings. The first-order valence-electron chi connectivity index (χ1n) is 22.0. The summed E-state index contributed by atoms with van der Waals surface area (Å²) in [6, 6.07) is 23.5. The van der Waals surface area contributed by atoms with Crippen LogP contribution in [0.25, 0.3) is 38.6 Å². The number of imidazole rings is 1. The van der Waals surface area contributed by atoms with E-state index in [2.05, 4.69) is 58.6 Å². The first kappa shape index (κ1) is 42.5. The third-order valence-electron chi connectivity index (χ3n) is 13.1. The van der Waals surface area contributed by atoms with Gasteiger partial charge in [-0.3, -0.25) is 14.4 Å². The van der Waals surface area contributed by atoms with Gasteiger partial charge in [-0.15, -0.1) is 0 Å².